The van der Waals surface area contributed by atoms with E-state index in [-0.39, 0.29) is 11.8 Å². The van der Waals surface area contributed by atoms with Gasteiger partial charge in [-0.3, -0.25) is 19.4 Å². The number of hydrogen-bond donors (Lipinski definition) is 1. The van der Waals surface area contributed by atoms with Gasteiger partial charge >= 0.3 is 0 Å². The summed E-state index contributed by atoms with van der Waals surface area (Å²) in [5.74, 6) is 0.707. The number of benzene rings is 1. The number of carbonyl (C=O) groups excluding carboxylic acids is 1. The molecule has 2 aromatic heterocycles. The number of hydrogen-bond acceptors (Lipinski definition) is 5. The highest BCUT2D eigenvalue weighted by atomic mass is 16.1. The van der Waals surface area contributed by atoms with Crippen LogP contribution in [-0.2, 0) is 17.9 Å². The Morgan fingerprint density at radius 1 is 1.10 bits per heavy atom. The van der Waals surface area contributed by atoms with E-state index in [4.69, 9.17) is 0 Å². The molecule has 30 heavy (non-hydrogen) atoms. The smallest absolute Gasteiger partial charge is 0.224 e. The lowest BCUT2D eigenvalue weighted by Crippen LogP contribution is -2.57. The van der Waals surface area contributed by atoms with Crippen molar-refractivity contribution in [3.05, 3.63) is 66.5 Å². The molecule has 1 aromatic carbocycles. The van der Waals surface area contributed by atoms with Crippen LogP contribution in [0.1, 0.15) is 18.4 Å². The molecular formula is C23H26N6O. The summed E-state index contributed by atoms with van der Waals surface area (Å²) in [6, 6.07) is 16.3. The molecule has 7 nitrogen and oxygen atoms in total. The van der Waals surface area contributed by atoms with Gasteiger partial charge in [0.1, 0.15) is 5.69 Å². The molecule has 1 N–H and O–H groups in total. The zero-order valence-electron chi connectivity index (χ0n) is 16.9. The van der Waals surface area contributed by atoms with Gasteiger partial charge in [-0.15, -0.1) is 5.10 Å². The first kappa shape index (κ1) is 18.9. The Kier molecular flexibility index (Phi) is 5.27. The summed E-state index contributed by atoms with van der Waals surface area (Å²) in [6.07, 6.45) is 5.86. The van der Waals surface area contributed by atoms with E-state index in [9.17, 15) is 4.79 Å². The minimum atomic E-state index is 0.0820. The summed E-state index contributed by atoms with van der Waals surface area (Å²) < 4.78 is 1.92. The zero-order chi connectivity index (χ0) is 20.3. The molecule has 0 aliphatic carbocycles. The highest BCUT2D eigenvalue weighted by Gasteiger charge is 2.43. The predicted octanol–water partition coefficient (Wildman–Crippen LogP) is 2.37. The molecule has 5 heterocycles. The number of pyridine rings is 1. The lowest BCUT2D eigenvalue weighted by atomic mass is 9.75. The molecule has 2 bridgehead atoms. The van der Waals surface area contributed by atoms with E-state index in [2.05, 4.69) is 25.5 Å². The summed E-state index contributed by atoms with van der Waals surface area (Å²) in [6.45, 7) is 3.29. The summed E-state index contributed by atoms with van der Waals surface area (Å²) in [4.78, 5) is 19.6. The van der Waals surface area contributed by atoms with Gasteiger partial charge in [0, 0.05) is 25.3 Å². The van der Waals surface area contributed by atoms with Crippen LogP contribution in [0.2, 0.25) is 0 Å². The van der Waals surface area contributed by atoms with E-state index in [0.717, 1.165) is 49.4 Å². The van der Waals surface area contributed by atoms with Crippen molar-refractivity contribution in [2.75, 3.05) is 13.1 Å². The number of rotatable bonds is 6. The van der Waals surface area contributed by atoms with Crippen molar-refractivity contribution in [3.63, 3.8) is 0 Å². The highest BCUT2D eigenvalue weighted by Crippen LogP contribution is 2.37. The molecule has 3 saturated heterocycles. The summed E-state index contributed by atoms with van der Waals surface area (Å²) >= 11 is 0. The molecule has 0 radical (unpaired) electrons. The first-order chi connectivity index (χ1) is 14.8. The Bertz CT molecular complexity index is 989. The fraction of sp³-hybridized carbons (Fsp3) is 0.391. The van der Waals surface area contributed by atoms with Crippen LogP contribution >= 0.6 is 0 Å². The SMILES string of the molecule is O=C(NCc1ccccc1)[C@H]1CN2CC[C@@H]1C[C@@H]2Cn1cc(-c2ccccn2)nn1. The van der Waals surface area contributed by atoms with E-state index in [1.807, 2.05) is 59.4 Å². The number of carbonyl (C=O) groups is 1. The van der Waals surface area contributed by atoms with E-state index in [1.54, 1.807) is 6.20 Å². The van der Waals surface area contributed by atoms with Gasteiger partial charge in [-0.05, 0) is 43.0 Å². The van der Waals surface area contributed by atoms with Crippen LogP contribution in [0, 0.1) is 11.8 Å². The molecule has 4 atom stereocenters. The van der Waals surface area contributed by atoms with Crippen molar-refractivity contribution in [3.8, 4) is 11.4 Å². The maximum atomic E-state index is 12.8. The van der Waals surface area contributed by atoms with Gasteiger partial charge in [0.15, 0.2) is 0 Å². The van der Waals surface area contributed by atoms with E-state index >= 15 is 0 Å². The van der Waals surface area contributed by atoms with Crippen molar-refractivity contribution < 1.29 is 4.79 Å². The largest absolute Gasteiger partial charge is 0.352 e. The third-order valence-electron chi connectivity index (χ3n) is 6.39. The monoisotopic (exact) mass is 402 g/mol. The van der Waals surface area contributed by atoms with E-state index in [1.165, 1.54) is 0 Å². The van der Waals surface area contributed by atoms with Crippen LogP contribution < -0.4 is 5.32 Å². The van der Waals surface area contributed by atoms with Crippen LogP contribution in [0.3, 0.4) is 0 Å². The minimum absolute atomic E-state index is 0.0820. The Balaban J connectivity index is 1.19. The summed E-state index contributed by atoms with van der Waals surface area (Å²) in [5.41, 5.74) is 2.77. The molecule has 3 aliphatic rings. The maximum absolute atomic E-state index is 12.8. The Morgan fingerprint density at radius 2 is 1.97 bits per heavy atom. The molecule has 6 rings (SSSR count). The second-order valence-corrected chi connectivity index (χ2v) is 8.28. The summed E-state index contributed by atoms with van der Waals surface area (Å²) in [5, 5.41) is 11.7. The molecule has 0 saturated carbocycles. The van der Waals surface area contributed by atoms with Gasteiger partial charge in [-0.1, -0.05) is 41.6 Å². The normalized spacial score (nSPS) is 25.2. The molecule has 7 heteroatoms. The number of amides is 1. The Morgan fingerprint density at radius 3 is 2.73 bits per heavy atom. The molecule has 3 aliphatic heterocycles. The number of nitrogens with one attached hydrogen (secondary N) is 1. The van der Waals surface area contributed by atoms with Crippen molar-refractivity contribution in [2.45, 2.75) is 32.0 Å². The highest BCUT2D eigenvalue weighted by molar-refractivity contribution is 5.79. The number of piperidine rings is 3. The van der Waals surface area contributed by atoms with Crippen LogP contribution in [0.5, 0.6) is 0 Å². The molecule has 0 spiro atoms. The van der Waals surface area contributed by atoms with Crippen LogP contribution in [0.25, 0.3) is 11.4 Å². The van der Waals surface area contributed by atoms with Crippen LogP contribution in [-0.4, -0.2) is 49.9 Å². The third kappa shape index (κ3) is 3.98. The standard InChI is InChI=1S/C23H26N6O/c30-23(25-13-17-6-2-1-3-7-17)20-15-28-11-9-18(20)12-19(28)14-29-16-22(26-27-29)21-8-4-5-10-24-21/h1-8,10,16,18-20H,9,11-15H2,(H,25,30)/t18-,19-,20+/m1/s1. The van der Waals surface area contributed by atoms with E-state index in [0.29, 0.717) is 18.5 Å². The Labute approximate surface area is 176 Å². The molecule has 1 unspecified atom stereocenters. The molecule has 3 aromatic rings. The second-order valence-electron chi connectivity index (χ2n) is 8.28. The van der Waals surface area contributed by atoms with Gasteiger partial charge < -0.3 is 5.32 Å². The quantitative estimate of drug-likeness (QED) is 0.685. The first-order valence-corrected chi connectivity index (χ1v) is 10.6. The number of nitrogens with zero attached hydrogens (tertiary/aromatic N) is 5. The van der Waals surface area contributed by atoms with Gasteiger partial charge in [-0.25, -0.2) is 0 Å². The minimum Gasteiger partial charge on any atom is -0.352 e. The van der Waals surface area contributed by atoms with Gasteiger partial charge in [0.05, 0.1) is 24.4 Å². The topological polar surface area (TPSA) is 75.9 Å². The molecular weight excluding hydrogens is 376 g/mol. The third-order valence-corrected chi connectivity index (χ3v) is 6.39. The average molecular weight is 403 g/mol. The van der Waals surface area contributed by atoms with Crippen molar-refractivity contribution in [2.24, 2.45) is 11.8 Å². The first-order valence-electron chi connectivity index (χ1n) is 10.6. The van der Waals surface area contributed by atoms with Crippen LogP contribution in [0.4, 0.5) is 0 Å². The second kappa shape index (κ2) is 8.36. The van der Waals surface area contributed by atoms with Gasteiger partial charge in [0.25, 0.3) is 0 Å². The van der Waals surface area contributed by atoms with Crippen molar-refractivity contribution >= 4 is 5.91 Å². The van der Waals surface area contributed by atoms with Crippen molar-refractivity contribution in [1.29, 1.82) is 0 Å². The predicted molar refractivity (Wildman–Crippen MR) is 113 cm³/mol. The van der Waals surface area contributed by atoms with Crippen LogP contribution in [0.15, 0.2) is 60.9 Å². The molecule has 3 fully saturated rings. The van der Waals surface area contributed by atoms with Crippen molar-refractivity contribution in [1.82, 2.24) is 30.2 Å². The van der Waals surface area contributed by atoms with Gasteiger partial charge in [-0.2, -0.15) is 0 Å². The molecule has 154 valence electrons. The average Bonchev–Trinajstić information content (AvgIpc) is 3.28. The number of aromatic nitrogens is 4. The number of fused-ring (bicyclic) bond motifs is 3. The van der Waals surface area contributed by atoms with Gasteiger partial charge in [0.2, 0.25) is 5.91 Å². The lowest BCUT2D eigenvalue weighted by Gasteiger charge is -2.49. The molecule has 1 amide bonds. The zero-order valence-corrected chi connectivity index (χ0v) is 16.9. The fourth-order valence-electron chi connectivity index (χ4n) is 4.78. The van der Waals surface area contributed by atoms with E-state index < -0.39 is 0 Å². The Hall–Kier alpha value is -3.06. The summed E-state index contributed by atoms with van der Waals surface area (Å²) in [7, 11) is 0. The maximum Gasteiger partial charge on any atom is 0.224 e. The lowest BCUT2D eigenvalue weighted by molar-refractivity contribution is -0.133. The fourth-order valence-corrected chi connectivity index (χ4v) is 4.78.